The number of hydrogen-bond acceptors (Lipinski definition) is 6. The monoisotopic (exact) mass is 338 g/mol. The number of ether oxygens (including phenoxy) is 2. The number of methoxy groups -OCH3 is 1. The van der Waals surface area contributed by atoms with E-state index < -0.39 is 18.5 Å². The Labute approximate surface area is 138 Å². The van der Waals surface area contributed by atoms with Gasteiger partial charge in [0.1, 0.15) is 12.3 Å². The summed E-state index contributed by atoms with van der Waals surface area (Å²) in [4.78, 5) is 36.3. The fourth-order valence-corrected chi connectivity index (χ4v) is 2.85. The Morgan fingerprint density at radius 1 is 1.39 bits per heavy atom. The van der Waals surface area contributed by atoms with E-state index >= 15 is 0 Å². The van der Waals surface area contributed by atoms with E-state index in [0.29, 0.717) is 23.7 Å². The number of nitrogens with zero attached hydrogens (tertiary/aromatic N) is 1. The summed E-state index contributed by atoms with van der Waals surface area (Å²) in [6, 6.07) is 5.37. The average Bonchev–Trinajstić information content (AvgIpc) is 2.91. The fraction of sp³-hybridized carbons (Fsp3) is 0.400. The van der Waals surface area contributed by atoms with Crippen molar-refractivity contribution in [3.63, 3.8) is 0 Å². The van der Waals surface area contributed by atoms with Crippen molar-refractivity contribution in [2.45, 2.75) is 6.92 Å². The second-order valence-corrected chi connectivity index (χ2v) is 5.99. The smallest absolute Gasteiger partial charge is 0.326 e. The summed E-state index contributed by atoms with van der Waals surface area (Å²) in [6.07, 6.45) is 0. The van der Waals surface area contributed by atoms with E-state index in [4.69, 9.17) is 9.47 Å². The quantitative estimate of drug-likeness (QED) is 0.794. The molecule has 0 unspecified atom stereocenters. The maximum absolute atomic E-state index is 11.9. The van der Waals surface area contributed by atoms with Crippen LogP contribution in [0.3, 0.4) is 0 Å². The number of amides is 2. The van der Waals surface area contributed by atoms with Crippen LogP contribution in [-0.4, -0.2) is 54.6 Å². The molecule has 1 aromatic rings. The highest BCUT2D eigenvalue weighted by Gasteiger charge is 2.24. The summed E-state index contributed by atoms with van der Waals surface area (Å²) in [5.74, 6) is 0.117. The van der Waals surface area contributed by atoms with E-state index in [9.17, 15) is 14.4 Å². The second-order valence-electron chi connectivity index (χ2n) is 4.95. The first kappa shape index (κ1) is 17.1. The molecule has 1 heterocycles. The van der Waals surface area contributed by atoms with E-state index in [1.807, 2.05) is 13.0 Å². The van der Waals surface area contributed by atoms with Gasteiger partial charge >= 0.3 is 5.97 Å². The molecule has 0 atom stereocenters. The molecule has 1 fully saturated rings. The molecular weight excluding hydrogens is 320 g/mol. The van der Waals surface area contributed by atoms with Gasteiger partial charge in [-0.2, -0.15) is 0 Å². The van der Waals surface area contributed by atoms with E-state index in [1.54, 1.807) is 12.1 Å². The molecule has 0 bridgehead atoms. The van der Waals surface area contributed by atoms with Crippen molar-refractivity contribution in [1.29, 1.82) is 0 Å². The molecule has 124 valence electrons. The van der Waals surface area contributed by atoms with Gasteiger partial charge in [0.15, 0.2) is 6.61 Å². The number of benzene rings is 1. The van der Waals surface area contributed by atoms with Gasteiger partial charge in [-0.25, -0.2) is 0 Å². The number of rotatable bonds is 6. The van der Waals surface area contributed by atoms with Gasteiger partial charge in [0, 0.05) is 12.3 Å². The Balaban J connectivity index is 1.82. The molecular formula is C15H18N2O5S. The van der Waals surface area contributed by atoms with Crippen LogP contribution >= 0.6 is 11.8 Å². The van der Waals surface area contributed by atoms with Crippen molar-refractivity contribution in [2.75, 3.05) is 37.9 Å². The Morgan fingerprint density at radius 3 is 2.83 bits per heavy atom. The number of carbonyl (C=O) groups excluding carboxylic acids is 3. The van der Waals surface area contributed by atoms with Crippen molar-refractivity contribution in [2.24, 2.45) is 0 Å². The number of hydrogen-bond donors (Lipinski definition) is 1. The number of esters is 1. The van der Waals surface area contributed by atoms with Crippen LogP contribution in [0.15, 0.2) is 18.2 Å². The summed E-state index contributed by atoms with van der Waals surface area (Å²) >= 11 is 1.16. The Bertz CT molecular complexity index is 620. The van der Waals surface area contributed by atoms with Crippen LogP contribution in [0.5, 0.6) is 5.75 Å². The van der Waals surface area contributed by atoms with Crippen molar-refractivity contribution in [1.82, 2.24) is 4.90 Å². The summed E-state index contributed by atoms with van der Waals surface area (Å²) in [5.41, 5.74) is 1.47. The molecule has 1 aliphatic heterocycles. The van der Waals surface area contributed by atoms with Crippen LogP contribution in [0.1, 0.15) is 5.56 Å². The van der Waals surface area contributed by atoms with Gasteiger partial charge in [-0.3, -0.25) is 14.4 Å². The molecule has 23 heavy (non-hydrogen) atoms. The Hall–Kier alpha value is -2.22. The first-order chi connectivity index (χ1) is 11.0. The van der Waals surface area contributed by atoms with Crippen LogP contribution in [-0.2, 0) is 14.3 Å². The van der Waals surface area contributed by atoms with E-state index in [1.165, 1.54) is 12.0 Å². The van der Waals surface area contributed by atoms with E-state index in [-0.39, 0.29) is 11.8 Å². The highest BCUT2D eigenvalue weighted by molar-refractivity contribution is 8.13. The van der Waals surface area contributed by atoms with Gasteiger partial charge in [0.05, 0.1) is 12.8 Å². The van der Waals surface area contributed by atoms with Crippen molar-refractivity contribution < 1.29 is 23.9 Å². The zero-order chi connectivity index (χ0) is 16.8. The highest BCUT2D eigenvalue weighted by Crippen LogP contribution is 2.25. The lowest BCUT2D eigenvalue weighted by atomic mass is 10.2. The average molecular weight is 338 g/mol. The van der Waals surface area contributed by atoms with Gasteiger partial charge in [0.2, 0.25) is 0 Å². The molecule has 0 spiro atoms. The predicted molar refractivity (Wildman–Crippen MR) is 86.7 cm³/mol. The molecule has 1 aromatic carbocycles. The molecule has 0 aliphatic carbocycles. The summed E-state index contributed by atoms with van der Waals surface area (Å²) in [7, 11) is 1.51. The lowest BCUT2D eigenvalue weighted by molar-refractivity contribution is -0.147. The van der Waals surface area contributed by atoms with Crippen LogP contribution in [0, 0.1) is 6.92 Å². The van der Waals surface area contributed by atoms with Gasteiger partial charge in [-0.15, -0.1) is 0 Å². The Kier molecular flexibility index (Phi) is 5.86. The molecule has 2 amide bonds. The normalized spacial score (nSPS) is 13.8. The fourth-order valence-electron chi connectivity index (χ4n) is 2.02. The molecule has 1 N–H and O–H groups in total. The van der Waals surface area contributed by atoms with Crippen molar-refractivity contribution in [3.8, 4) is 5.75 Å². The number of carbonyl (C=O) groups is 3. The summed E-state index contributed by atoms with van der Waals surface area (Å²) in [5, 5.41) is 2.49. The number of aryl methyl sites for hydroxylation is 1. The number of nitrogens with one attached hydrogen (secondary N) is 1. The first-order valence-corrected chi connectivity index (χ1v) is 8.00. The zero-order valence-electron chi connectivity index (χ0n) is 13.0. The lowest BCUT2D eigenvalue weighted by Crippen LogP contribution is -2.32. The lowest BCUT2D eigenvalue weighted by Gasteiger charge is -2.14. The summed E-state index contributed by atoms with van der Waals surface area (Å²) < 4.78 is 10.1. The van der Waals surface area contributed by atoms with Crippen molar-refractivity contribution in [3.05, 3.63) is 23.8 Å². The third kappa shape index (κ3) is 4.88. The molecule has 0 saturated carbocycles. The third-order valence-electron chi connectivity index (χ3n) is 3.16. The van der Waals surface area contributed by atoms with Crippen molar-refractivity contribution >= 4 is 34.6 Å². The van der Waals surface area contributed by atoms with Gasteiger partial charge < -0.3 is 19.7 Å². The van der Waals surface area contributed by atoms with Crippen LogP contribution < -0.4 is 10.1 Å². The predicted octanol–water partition coefficient (Wildman–Crippen LogP) is 1.65. The van der Waals surface area contributed by atoms with Crippen LogP contribution in [0.25, 0.3) is 0 Å². The van der Waals surface area contributed by atoms with Gasteiger partial charge in [-0.05, 0) is 24.6 Å². The highest BCUT2D eigenvalue weighted by atomic mass is 32.2. The van der Waals surface area contributed by atoms with Crippen LogP contribution in [0.2, 0.25) is 0 Å². The number of thioether (sulfide) groups is 1. The van der Waals surface area contributed by atoms with Gasteiger partial charge in [-0.1, -0.05) is 17.8 Å². The minimum atomic E-state index is -0.604. The first-order valence-electron chi connectivity index (χ1n) is 7.01. The molecule has 0 aromatic heterocycles. The maximum Gasteiger partial charge on any atom is 0.326 e. The third-order valence-corrected chi connectivity index (χ3v) is 4.05. The molecule has 1 saturated heterocycles. The minimum absolute atomic E-state index is 0.132. The topological polar surface area (TPSA) is 84.9 Å². The van der Waals surface area contributed by atoms with E-state index in [2.05, 4.69) is 5.32 Å². The molecule has 0 radical (unpaired) electrons. The number of anilines is 1. The molecule has 8 heteroatoms. The Morgan fingerprint density at radius 2 is 2.17 bits per heavy atom. The largest absolute Gasteiger partial charge is 0.495 e. The second kappa shape index (κ2) is 7.87. The molecule has 2 rings (SSSR count). The SMILES string of the molecule is COc1ccc(C)cc1NC(=O)COC(=O)CN1CCSC1=O. The van der Waals surface area contributed by atoms with Gasteiger partial charge in [0.25, 0.3) is 11.1 Å². The zero-order valence-corrected chi connectivity index (χ0v) is 13.8. The summed E-state index contributed by atoms with van der Waals surface area (Å²) in [6.45, 7) is 1.86. The van der Waals surface area contributed by atoms with Crippen LogP contribution in [0.4, 0.5) is 10.5 Å². The molecule has 7 nitrogen and oxygen atoms in total. The maximum atomic E-state index is 11.9. The van der Waals surface area contributed by atoms with E-state index in [0.717, 1.165) is 17.3 Å². The molecule has 1 aliphatic rings. The minimum Gasteiger partial charge on any atom is -0.495 e. The standard InChI is InChI=1S/C15H18N2O5S/c1-10-3-4-12(21-2)11(7-10)16-13(18)9-22-14(19)8-17-5-6-23-15(17)20/h3-4,7H,5-6,8-9H2,1-2H3,(H,16,18).